The number of allylic oxidation sites excluding steroid dienone is 1. The summed E-state index contributed by atoms with van der Waals surface area (Å²) >= 11 is 7.20. The Labute approximate surface area is 182 Å². The molecule has 4 rings (SSSR count). The average molecular weight is 443 g/mol. The topological polar surface area (TPSA) is 70.4 Å². The number of aromatic nitrogens is 1. The lowest BCUT2D eigenvalue weighted by Crippen LogP contribution is -2.48. The highest BCUT2D eigenvalue weighted by molar-refractivity contribution is 7.80. The summed E-state index contributed by atoms with van der Waals surface area (Å²) in [5.41, 5.74) is 1.81. The van der Waals surface area contributed by atoms with Gasteiger partial charge in [0, 0.05) is 27.2 Å². The summed E-state index contributed by atoms with van der Waals surface area (Å²) < 4.78 is 18.5. The van der Waals surface area contributed by atoms with Gasteiger partial charge in [-0.15, -0.1) is 11.3 Å². The molecule has 0 unspecified atom stereocenters. The number of aryl methyl sites for hydroxylation is 2. The Morgan fingerprint density at radius 1 is 1.23 bits per heavy atom. The molecule has 0 bridgehead atoms. The third-order valence-corrected chi connectivity index (χ3v) is 6.10. The number of carbonyl (C=O) groups excluding carboxylic acids is 1. The zero-order valence-corrected chi connectivity index (χ0v) is 18.2. The van der Waals surface area contributed by atoms with Crippen LogP contribution >= 0.6 is 23.6 Å². The summed E-state index contributed by atoms with van der Waals surface area (Å²) in [6.45, 7) is 5.59. The molecule has 1 atom stereocenters. The number of amides is 1. The fourth-order valence-electron chi connectivity index (χ4n) is 3.37. The Kier molecular flexibility index (Phi) is 5.40. The Morgan fingerprint density at radius 2 is 1.97 bits per heavy atom. The normalized spacial score (nSPS) is 16.6. The number of thiocarbonyl (C=S) groups is 1. The zero-order valence-electron chi connectivity index (χ0n) is 16.5. The molecule has 9 heteroatoms. The van der Waals surface area contributed by atoms with E-state index in [0.717, 1.165) is 9.75 Å². The number of rotatable bonds is 4. The first-order valence-corrected chi connectivity index (χ1v) is 10.4. The highest BCUT2D eigenvalue weighted by Crippen LogP contribution is 2.36. The van der Waals surface area contributed by atoms with Gasteiger partial charge in [-0.25, -0.2) is 4.39 Å². The molecule has 0 saturated carbocycles. The van der Waals surface area contributed by atoms with Gasteiger partial charge in [-0.1, -0.05) is 5.16 Å². The number of nitrogens with zero attached hydrogens (tertiary/aromatic N) is 2. The molecule has 6 nitrogen and oxygen atoms in total. The summed E-state index contributed by atoms with van der Waals surface area (Å²) in [7, 11) is 0. The number of nitrogens with one attached hydrogen (secondary N) is 2. The molecule has 0 fully saturated rings. The van der Waals surface area contributed by atoms with Gasteiger partial charge in [0.25, 0.3) is 5.91 Å². The van der Waals surface area contributed by atoms with Crippen LogP contribution in [0.3, 0.4) is 0 Å². The summed E-state index contributed by atoms with van der Waals surface area (Å²) in [6, 6.07) is 11.2. The first-order chi connectivity index (χ1) is 14.3. The molecule has 1 aliphatic heterocycles. The lowest BCUT2D eigenvalue weighted by Gasteiger charge is -2.37. The van der Waals surface area contributed by atoms with Gasteiger partial charge in [-0.2, -0.15) is 0 Å². The van der Waals surface area contributed by atoms with Crippen molar-refractivity contribution in [3.8, 4) is 0 Å². The number of anilines is 2. The molecule has 1 amide bonds. The van der Waals surface area contributed by atoms with E-state index >= 15 is 0 Å². The first-order valence-electron chi connectivity index (χ1n) is 9.21. The van der Waals surface area contributed by atoms with Gasteiger partial charge < -0.3 is 15.2 Å². The van der Waals surface area contributed by atoms with E-state index in [4.69, 9.17) is 16.7 Å². The van der Waals surface area contributed by atoms with Gasteiger partial charge in [-0.3, -0.25) is 9.69 Å². The highest BCUT2D eigenvalue weighted by atomic mass is 32.1. The largest absolute Gasteiger partial charge is 0.360 e. The van der Waals surface area contributed by atoms with Crippen LogP contribution in [-0.4, -0.2) is 16.2 Å². The molecule has 2 aromatic heterocycles. The van der Waals surface area contributed by atoms with Gasteiger partial charge >= 0.3 is 0 Å². The van der Waals surface area contributed by atoms with E-state index in [9.17, 15) is 9.18 Å². The summed E-state index contributed by atoms with van der Waals surface area (Å²) in [4.78, 5) is 17.1. The minimum Gasteiger partial charge on any atom is -0.360 e. The van der Waals surface area contributed by atoms with Crippen LogP contribution in [-0.2, 0) is 4.79 Å². The van der Waals surface area contributed by atoms with Crippen LogP contribution in [0, 0.1) is 19.7 Å². The Bertz CT molecular complexity index is 1150. The van der Waals surface area contributed by atoms with Crippen LogP contribution in [0.4, 0.5) is 15.9 Å². The quantitative estimate of drug-likeness (QED) is 0.564. The van der Waals surface area contributed by atoms with E-state index in [1.807, 2.05) is 26.0 Å². The molecule has 1 aromatic carbocycles. The highest BCUT2D eigenvalue weighted by Gasteiger charge is 2.35. The third kappa shape index (κ3) is 3.86. The minimum absolute atomic E-state index is 0.320. The Balaban J connectivity index is 1.79. The summed E-state index contributed by atoms with van der Waals surface area (Å²) in [5, 5.41) is 10.4. The molecular formula is C21H19FN4O2S2. The van der Waals surface area contributed by atoms with Crippen molar-refractivity contribution in [2.45, 2.75) is 26.8 Å². The molecular weight excluding hydrogens is 423 g/mol. The number of thiophene rings is 1. The van der Waals surface area contributed by atoms with Crippen LogP contribution in [0.2, 0.25) is 0 Å². The Morgan fingerprint density at radius 3 is 2.57 bits per heavy atom. The van der Waals surface area contributed by atoms with Crippen LogP contribution < -0.4 is 15.5 Å². The van der Waals surface area contributed by atoms with Gasteiger partial charge in [0.1, 0.15) is 11.6 Å². The Hall–Kier alpha value is -3.04. The van der Waals surface area contributed by atoms with Crippen molar-refractivity contribution in [2.24, 2.45) is 0 Å². The van der Waals surface area contributed by atoms with Crippen molar-refractivity contribution >= 4 is 46.1 Å². The molecule has 3 heterocycles. The molecule has 3 aromatic rings. The van der Waals surface area contributed by atoms with Gasteiger partial charge in [-0.05, 0) is 69.4 Å². The average Bonchev–Trinajstić information content (AvgIpc) is 3.30. The molecule has 154 valence electrons. The third-order valence-electron chi connectivity index (χ3n) is 4.73. The molecule has 2 N–H and O–H groups in total. The van der Waals surface area contributed by atoms with E-state index in [2.05, 4.69) is 15.8 Å². The number of benzene rings is 1. The standard InChI is InChI=1S/C21H19FN4O2S2/c1-11-10-17(25-28-11)23-20(27)18-13(3)26(15-7-5-14(22)6-8-15)21(29)24-19(18)16-9-4-12(2)30-16/h4-10,19H,1-3H3,(H,24,29)(H,23,25,27)/t19-/m1/s1. The van der Waals surface area contributed by atoms with E-state index in [1.54, 1.807) is 41.4 Å². The van der Waals surface area contributed by atoms with Crippen LogP contribution in [0.15, 0.2) is 58.3 Å². The maximum atomic E-state index is 13.4. The fourth-order valence-corrected chi connectivity index (χ4v) is 4.67. The second-order valence-corrected chi connectivity index (χ2v) is 8.62. The van der Waals surface area contributed by atoms with Gasteiger partial charge in [0.15, 0.2) is 10.9 Å². The molecule has 0 aliphatic carbocycles. The van der Waals surface area contributed by atoms with Crippen molar-refractivity contribution in [3.63, 3.8) is 0 Å². The minimum atomic E-state index is -0.416. The summed E-state index contributed by atoms with van der Waals surface area (Å²) in [6.07, 6.45) is 0. The van der Waals surface area contributed by atoms with Gasteiger partial charge in [0.05, 0.1) is 11.6 Å². The summed E-state index contributed by atoms with van der Waals surface area (Å²) in [5.74, 6) is 0.263. The van der Waals surface area contributed by atoms with Crippen molar-refractivity contribution in [3.05, 3.63) is 75.1 Å². The maximum Gasteiger partial charge on any atom is 0.257 e. The second-order valence-electron chi connectivity index (χ2n) is 6.92. The molecule has 1 aliphatic rings. The molecule has 0 radical (unpaired) electrons. The molecule has 0 spiro atoms. The second kappa shape index (κ2) is 8.00. The van der Waals surface area contributed by atoms with Crippen molar-refractivity contribution in [1.29, 1.82) is 0 Å². The van der Waals surface area contributed by atoms with Crippen LogP contribution in [0.25, 0.3) is 0 Å². The van der Waals surface area contributed by atoms with Crippen LogP contribution in [0.5, 0.6) is 0 Å². The van der Waals surface area contributed by atoms with E-state index in [-0.39, 0.29) is 11.7 Å². The predicted molar refractivity (Wildman–Crippen MR) is 119 cm³/mol. The fraction of sp³-hybridized carbons (Fsp3) is 0.190. The molecule has 30 heavy (non-hydrogen) atoms. The SMILES string of the molecule is CC1=C(C(=O)Nc2cc(C)on2)[C@@H](c2ccc(C)s2)NC(=S)N1c1ccc(F)cc1. The molecule has 0 saturated heterocycles. The lowest BCUT2D eigenvalue weighted by atomic mass is 9.99. The first kappa shape index (κ1) is 20.2. The van der Waals surface area contributed by atoms with Crippen molar-refractivity contribution in [1.82, 2.24) is 10.5 Å². The number of carbonyl (C=O) groups is 1. The van der Waals surface area contributed by atoms with Crippen molar-refractivity contribution < 1.29 is 13.7 Å². The van der Waals surface area contributed by atoms with Crippen LogP contribution in [0.1, 0.15) is 28.5 Å². The number of hydrogen-bond donors (Lipinski definition) is 2. The van der Waals surface area contributed by atoms with E-state index < -0.39 is 6.04 Å². The van der Waals surface area contributed by atoms with E-state index in [0.29, 0.717) is 33.6 Å². The number of halogens is 1. The lowest BCUT2D eigenvalue weighted by molar-refractivity contribution is -0.113. The monoisotopic (exact) mass is 442 g/mol. The predicted octanol–water partition coefficient (Wildman–Crippen LogP) is 4.84. The van der Waals surface area contributed by atoms with Gasteiger partial charge in [0.2, 0.25) is 0 Å². The van der Waals surface area contributed by atoms with E-state index in [1.165, 1.54) is 12.1 Å². The van der Waals surface area contributed by atoms with Crippen molar-refractivity contribution in [2.75, 3.05) is 10.2 Å². The maximum absolute atomic E-state index is 13.4. The number of hydrogen-bond acceptors (Lipinski definition) is 5. The zero-order chi connectivity index (χ0) is 21.4. The smallest absolute Gasteiger partial charge is 0.257 e.